The van der Waals surface area contributed by atoms with Gasteiger partial charge in [0.05, 0.1) is 4.90 Å². The largest absolute Gasteiger partial charge is 0.399 e. The van der Waals surface area contributed by atoms with E-state index >= 15 is 0 Å². The van der Waals surface area contributed by atoms with E-state index in [9.17, 15) is 8.42 Å². The Balaban J connectivity index is 2.35. The lowest BCUT2D eigenvalue weighted by Gasteiger charge is -2.20. The second-order valence-electron chi connectivity index (χ2n) is 4.18. The zero-order chi connectivity index (χ0) is 11.8. The summed E-state index contributed by atoms with van der Waals surface area (Å²) in [6.45, 7) is 2.57. The molecule has 1 aliphatic rings. The van der Waals surface area contributed by atoms with Crippen LogP contribution < -0.4 is 5.73 Å². The summed E-state index contributed by atoms with van der Waals surface area (Å²) >= 11 is 0. The minimum Gasteiger partial charge on any atom is -0.399 e. The van der Waals surface area contributed by atoms with Gasteiger partial charge in [0.1, 0.15) is 0 Å². The molecule has 0 bridgehead atoms. The minimum atomic E-state index is -3.33. The fourth-order valence-corrected chi connectivity index (χ4v) is 3.74. The van der Waals surface area contributed by atoms with Crippen LogP contribution in [0.15, 0.2) is 29.2 Å². The molecule has 0 aliphatic carbocycles. The van der Waals surface area contributed by atoms with E-state index in [1.165, 1.54) is 0 Å². The highest BCUT2D eigenvalue weighted by Crippen LogP contribution is 2.25. The molecule has 2 rings (SSSR count). The first-order chi connectivity index (χ1) is 7.51. The number of rotatable bonds is 2. The van der Waals surface area contributed by atoms with Crippen LogP contribution in [0.5, 0.6) is 0 Å². The van der Waals surface area contributed by atoms with Gasteiger partial charge in [-0.3, -0.25) is 0 Å². The fraction of sp³-hybridized carbons (Fsp3) is 0.455. The van der Waals surface area contributed by atoms with Crippen molar-refractivity contribution < 1.29 is 8.42 Å². The molecule has 0 saturated carbocycles. The van der Waals surface area contributed by atoms with E-state index in [-0.39, 0.29) is 6.04 Å². The zero-order valence-electron chi connectivity index (χ0n) is 9.26. The van der Waals surface area contributed by atoms with E-state index in [1.807, 2.05) is 6.92 Å². The Hall–Kier alpha value is -1.07. The van der Waals surface area contributed by atoms with Crippen molar-refractivity contribution in [2.75, 3.05) is 12.3 Å². The lowest BCUT2D eigenvalue weighted by atomic mass is 10.3. The maximum atomic E-state index is 12.2. The molecular weight excluding hydrogens is 224 g/mol. The van der Waals surface area contributed by atoms with E-state index in [4.69, 9.17) is 5.73 Å². The molecule has 0 aromatic heterocycles. The molecule has 1 aliphatic heterocycles. The van der Waals surface area contributed by atoms with Crippen LogP contribution in [0.4, 0.5) is 5.69 Å². The number of sulfonamides is 1. The SMILES string of the molecule is C[C@H]1CCCN1S(=O)(=O)c1ccc(N)cc1. The Morgan fingerprint density at radius 1 is 1.31 bits per heavy atom. The quantitative estimate of drug-likeness (QED) is 0.796. The molecule has 1 atom stereocenters. The Morgan fingerprint density at radius 3 is 2.44 bits per heavy atom. The Kier molecular flexibility index (Phi) is 2.90. The van der Waals surface area contributed by atoms with Gasteiger partial charge in [-0.25, -0.2) is 8.42 Å². The lowest BCUT2D eigenvalue weighted by Crippen LogP contribution is -2.33. The highest BCUT2D eigenvalue weighted by Gasteiger charge is 2.32. The molecule has 1 heterocycles. The first kappa shape index (κ1) is 11.4. The van der Waals surface area contributed by atoms with E-state index in [0.29, 0.717) is 17.1 Å². The van der Waals surface area contributed by atoms with Gasteiger partial charge < -0.3 is 5.73 Å². The van der Waals surface area contributed by atoms with Gasteiger partial charge >= 0.3 is 0 Å². The average molecular weight is 240 g/mol. The van der Waals surface area contributed by atoms with Crippen LogP contribution in [-0.4, -0.2) is 25.3 Å². The van der Waals surface area contributed by atoms with Crippen molar-refractivity contribution in [1.29, 1.82) is 0 Å². The normalized spacial score (nSPS) is 22.4. The van der Waals surface area contributed by atoms with Crippen LogP contribution >= 0.6 is 0 Å². The third-order valence-corrected chi connectivity index (χ3v) is 5.01. The first-order valence-corrected chi connectivity index (χ1v) is 6.83. The number of nitrogen functional groups attached to an aromatic ring is 1. The van der Waals surface area contributed by atoms with Gasteiger partial charge in [-0.05, 0) is 44.0 Å². The second kappa shape index (κ2) is 4.07. The monoisotopic (exact) mass is 240 g/mol. The van der Waals surface area contributed by atoms with Crippen LogP contribution in [0, 0.1) is 0 Å². The summed E-state index contributed by atoms with van der Waals surface area (Å²) in [5, 5.41) is 0. The molecule has 0 radical (unpaired) electrons. The number of benzene rings is 1. The molecule has 16 heavy (non-hydrogen) atoms. The Labute approximate surface area is 96.1 Å². The molecule has 1 fully saturated rings. The van der Waals surface area contributed by atoms with Crippen molar-refractivity contribution in [3.05, 3.63) is 24.3 Å². The predicted molar refractivity (Wildman–Crippen MR) is 63.4 cm³/mol. The maximum absolute atomic E-state index is 12.2. The molecule has 1 aromatic rings. The maximum Gasteiger partial charge on any atom is 0.243 e. The van der Waals surface area contributed by atoms with Crippen molar-refractivity contribution in [2.45, 2.75) is 30.7 Å². The predicted octanol–water partition coefficient (Wildman–Crippen LogP) is 1.44. The van der Waals surface area contributed by atoms with Gasteiger partial charge in [-0.2, -0.15) is 4.31 Å². The zero-order valence-corrected chi connectivity index (χ0v) is 10.1. The summed E-state index contributed by atoms with van der Waals surface area (Å²) in [5.74, 6) is 0. The molecule has 0 spiro atoms. The summed E-state index contributed by atoms with van der Waals surface area (Å²) in [4.78, 5) is 0.329. The number of hydrogen-bond donors (Lipinski definition) is 1. The van der Waals surface area contributed by atoms with Gasteiger partial charge in [0, 0.05) is 18.3 Å². The van der Waals surface area contributed by atoms with Crippen LogP contribution in [0.1, 0.15) is 19.8 Å². The fourth-order valence-electron chi connectivity index (χ4n) is 2.04. The van der Waals surface area contributed by atoms with E-state index in [1.54, 1.807) is 28.6 Å². The van der Waals surface area contributed by atoms with E-state index < -0.39 is 10.0 Å². The standard InChI is InChI=1S/C11H16N2O2S/c1-9-3-2-8-13(9)16(14,15)11-6-4-10(12)5-7-11/h4-7,9H,2-3,8,12H2,1H3/t9-/m0/s1. The molecule has 2 N–H and O–H groups in total. The van der Waals surface area contributed by atoms with Gasteiger partial charge in [0.15, 0.2) is 0 Å². The Morgan fingerprint density at radius 2 is 1.94 bits per heavy atom. The lowest BCUT2D eigenvalue weighted by molar-refractivity contribution is 0.408. The summed E-state index contributed by atoms with van der Waals surface area (Å²) in [7, 11) is -3.33. The van der Waals surface area contributed by atoms with Crippen molar-refractivity contribution in [3.8, 4) is 0 Å². The van der Waals surface area contributed by atoms with Crippen LogP contribution in [-0.2, 0) is 10.0 Å². The van der Waals surface area contributed by atoms with E-state index in [0.717, 1.165) is 12.8 Å². The van der Waals surface area contributed by atoms with Crippen molar-refractivity contribution >= 4 is 15.7 Å². The van der Waals surface area contributed by atoms with Gasteiger partial charge in [-0.1, -0.05) is 0 Å². The van der Waals surface area contributed by atoms with Crippen molar-refractivity contribution in [3.63, 3.8) is 0 Å². The van der Waals surface area contributed by atoms with Crippen LogP contribution in [0.2, 0.25) is 0 Å². The van der Waals surface area contributed by atoms with Crippen molar-refractivity contribution in [2.24, 2.45) is 0 Å². The highest BCUT2D eigenvalue weighted by atomic mass is 32.2. The van der Waals surface area contributed by atoms with E-state index in [2.05, 4.69) is 0 Å². The molecule has 1 aromatic carbocycles. The number of nitrogens with zero attached hydrogens (tertiary/aromatic N) is 1. The molecule has 0 amide bonds. The Bertz CT molecular complexity index is 467. The molecule has 1 saturated heterocycles. The molecule has 0 unspecified atom stereocenters. The highest BCUT2D eigenvalue weighted by molar-refractivity contribution is 7.89. The van der Waals surface area contributed by atoms with Gasteiger partial charge in [-0.15, -0.1) is 0 Å². The molecule has 4 nitrogen and oxygen atoms in total. The number of anilines is 1. The number of nitrogens with two attached hydrogens (primary N) is 1. The molecule has 88 valence electrons. The topological polar surface area (TPSA) is 63.4 Å². The second-order valence-corrected chi connectivity index (χ2v) is 6.07. The molecular formula is C11H16N2O2S. The summed E-state index contributed by atoms with van der Waals surface area (Å²) in [6.07, 6.45) is 1.88. The average Bonchev–Trinajstić information content (AvgIpc) is 2.66. The van der Waals surface area contributed by atoms with Gasteiger partial charge in [0.25, 0.3) is 0 Å². The third kappa shape index (κ3) is 1.92. The van der Waals surface area contributed by atoms with Crippen LogP contribution in [0.25, 0.3) is 0 Å². The summed E-state index contributed by atoms with van der Waals surface area (Å²) < 4.78 is 26.1. The smallest absolute Gasteiger partial charge is 0.243 e. The molecule has 5 heteroatoms. The van der Waals surface area contributed by atoms with Crippen LogP contribution in [0.3, 0.4) is 0 Å². The third-order valence-electron chi connectivity index (χ3n) is 2.98. The summed E-state index contributed by atoms with van der Waals surface area (Å²) in [6, 6.07) is 6.47. The van der Waals surface area contributed by atoms with Gasteiger partial charge in [0.2, 0.25) is 10.0 Å². The summed E-state index contributed by atoms with van der Waals surface area (Å²) in [5.41, 5.74) is 6.12. The first-order valence-electron chi connectivity index (χ1n) is 5.39. The van der Waals surface area contributed by atoms with Crippen molar-refractivity contribution in [1.82, 2.24) is 4.31 Å². The minimum absolute atomic E-state index is 0.0996. The number of hydrogen-bond acceptors (Lipinski definition) is 3.